The van der Waals surface area contributed by atoms with Crippen molar-refractivity contribution in [3.05, 3.63) is 52.6 Å². The molecule has 0 amide bonds. The van der Waals surface area contributed by atoms with Crippen molar-refractivity contribution < 1.29 is 4.39 Å². The highest BCUT2D eigenvalue weighted by Gasteiger charge is 2.18. The molecule has 3 aromatic rings. The molecule has 2 heterocycles. The molecule has 0 aliphatic carbocycles. The van der Waals surface area contributed by atoms with Gasteiger partial charge in [0, 0.05) is 0 Å². The van der Waals surface area contributed by atoms with Crippen molar-refractivity contribution in [1.82, 2.24) is 19.5 Å². The highest BCUT2D eigenvalue weighted by atomic mass is 19.1. The van der Waals surface area contributed by atoms with Crippen molar-refractivity contribution in [1.29, 1.82) is 0 Å². The topological polar surface area (TPSA) is 113 Å². The molecule has 0 bridgehead atoms. The van der Waals surface area contributed by atoms with Gasteiger partial charge in [0.1, 0.15) is 23.0 Å². The number of aromatic nitrogens is 4. The van der Waals surface area contributed by atoms with Crippen LogP contribution in [0.25, 0.3) is 16.7 Å². The van der Waals surface area contributed by atoms with Crippen molar-refractivity contribution in [3.8, 4) is 5.82 Å². The number of fused-ring (bicyclic) bond motifs is 1. The molecule has 8 heteroatoms. The van der Waals surface area contributed by atoms with Crippen LogP contribution in [0.3, 0.4) is 0 Å². The number of nitrogens with zero attached hydrogens (tertiary/aromatic N) is 4. The fourth-order valence-electron chi connectivity index (χ4n) is 2.16. The van der Waals surface area contributed by atoms with Crippen LogP contribution in [0, 0.1) is 5.82 Å². The minimum absolute atomic E-state index is 0.0144. The Morgan fingerprint density at radius 1 is 1.27 bits per heavy atom. The van der Waals surface area contributed by atoms with Crippen molar-refractivity contribution in [2.75, 3.05) is 5.73 Å². The van der Waals surface area contributed by atoms with Crippen LogP contribution < -0.4 is 17.0 Å². The van der Waals surface area contributed by atoms with Gasteiger partial charge >= 0.3 is 0 Å². The van der Waals surface area contributed by atoms with Crippen LogP contribution in [0.5, 0.6) is 0 Å². The maximum atomic E-state index is 13.9. The molecular formula is C14H13FN6O. The molecule has 112 valence electrons. The van der Waals surface area contributed by atoms with Crippen LogP contribution in [0.4, 0.5) is 10.2 Å². The lowest BCUT2D eigenvalue weighted by molar-refractivity contribution is 0.629. The number of halogens is 1. The van der Waals surface area contributed by atoms with Gasteiger partial charge in [0.2, 0.25) is 0 Å². The Bertz CT molecular complexity index is 904. The second kappa shape index (κ2) is 5.15. The molecule has 0 saturated carbocycles. The summed E-state index contributed by atoms with van der Waals surface area (Å²) in [6.45, 7) is 1.65. The number of nitrogens with two attached hydrogens (primary N) is 2. The third-order valence-electron chi connectivity index (χ3n) is 3.17. The summed E-state index contributed by atoms with van der Waals surface area (Å²) in [5, 5.41) is 0.142. The van der Waals surface area contributed by atoms with E-state index in [1.54, 1.807) is 6.92 Å². The number of benzene rings is 1. The Hall–Kier alpha value is -2.87. The van der Waals surface area contributed by atoms with Gasteiger partial charge in [-0.05, 0) is 19.1 Å². The van der Waals surface area contributed by atoms with Gasteiger partial charge in [-0.25, -0.2) is 23.9 Å². The first-order chi connectivity index (χ1) is 10.5. The highest BCUT2D eigenvalue weighted by molar-refractivity contribution is 5.78. The lowest BCUT2D eigenvalue weighted by Gasteiger charge is -2.15. The maximum Gasteiger partial charge on any atom is 0.267 e. The molecule has 0 saturated heterocycles. The van der Waals surface area contributed by atoms with Gasteiger partial charge in [0.15, 0.2) is 5.82 Å². The number of nitrogen functional groups attached to an aromatic ring is 1. The van der Waals surface area contributed by atoms with E-state index in [9.17, 15) is 9.18 Å². The average Bonchev–Trinajstić information content (AvgIpc) is 2.49. The first kappa shape index (κ1) is 14.1. The summed E-state index contributed by atoms with van der Waals surface area (Å²) in [5.41, 5.74) is 10.9. The molecule has 22 heavy (non-hydrogen) atoms. The number of anilines is 1. The number of rotatable bonds is 2. The van der Waals surface area contributed by atoms with Crippen molar-refractivity contribution in [2.45, 2.75) is 13.0 Å². The highest BCUT2D eigenvalue weighted by Crippen LogP contribution is 2.17. The Morgan fingerprint density at radius 2 is 2.05 bits per heavy atom. The fraction of sp³-hybridized carbons (Fsp3) is 0.143. The fourth-order valence-corrected chi connectivity index (χ4v) is 2.16. The number of hydrogen-bond donors (Lipinski definition) is 2. The number of para-hydroxylation sites is 1. The molecule has 0 radical (unpaired) electrons. The van der Waals surface area contributed by atoms with E-state index in [4.69, 9.17) is 11.5 Å². The normalized spacial score (nSPS) is 12.5. The van der Waals surface area contributed by atoms with Crippen molar-refractivity contribution >= 4 is 16.7 Å². The van der Waals surface area contributed by atoms with Gasteiger partial charge in [-0.15, -0.1) is 0 Å². The summed E-state index contributed by atoms with van der Waals surface area (Å²) in [5.74, 6) is 0.0674. The van der Waals surface area contributed by atoms with Crippen LogP contribution in [-0.2, 0) is 0 Å². The molecule has 0 aliphatic heterocycles. The molecule has 7 nitrogen and oxygen atoms in total. The van der Waals surface area contributed by atoms with E-state index in [2.05, 4.69) is 15.0 Å². The minimum Gasteiger partial charge on any atom is -0.382 e. The van der Waals surface area contributed by atoms with Gasteiger partial charge in [-0.2, -0.15) is 0 Å². The molecule has 0 spiro atoms. The molecule has 0 aliphatic rings. The summed E-state index contributed by atoms with van der Waals surface area (Å²) < 4.78 is 15.1. The largest absolute Gasteiger partial charge is 0.382 e. The zero-order chi connectivity index (χ0) is 15.9. The van der Waals surface area contributed by atoms with E-state index in [1.165, 1.54) is 35.2 Å². The van der Waals surface area contributed by atoms with Crippen molar-refractivity contribution in [2.24, 2.45) is 5.73 Å². The molecule has 4 N–H and O–H groups in total. The van der Waals surface area contributed by atoms with E-state index in [0.717, 1.165) is 0 Å². The maximum absolute atomic E-state index is 13.9. The molecule has 1 aromatic carbocycles. The average molecular weight is 300 g/mol. The summed E-state index contributed by atoms with van der Waals surface area (Å²) in [6, 6.07) is 3.59. The van der Waals surface area contributed by atoms with Crippen LogP contribution in [0.1, 0.15) is 18.8 Å². The molecule has 2 aromatic heterocycles. The van der Waals surface area contributed by atoms with Gasteiger partial charge in [-0.1, -0.05) is 6.07 Å². The van der Waals surface area contributed by atoms with E-state index >= 15 is 0 Å². The predicted molar refractivity (Wildman–Crippen MR) is 79.9 cm³/mol. The molecular weight excluding hydrogens is 287 g/mol. The Balaban J connectivity index is 2.42. The van der Waals surface area contributed by atoms with Crippen LogP contribution in [-0.4, -0.2) is 19.5 Å². The van der Waals surface area contributed by atoms with Gasteiger partial charge < -0.3 is 11.5 Å². The van der Waals surface area contributed by atoms with Gasteiger partial charge in [0.25, 0.3) is 5.56 Å². The predicted octanol–water partition coefficient (Wildman–Crippen LogP) is 0.917. The summed E-state index contributed by atoms with van der Waals surface area (Å²) in [6.07, 6.45) is 2.66. The van der Waals surface area contributed by atoms with Gasteiger partial charge in [-0.3, -0.25) is 4.79 Å². The summed E-state index contributed by atoms with van der Waals surface area (Å²) in [7, 11) is 0. The lowest BCUT2D eigenvalue weighted by atomic mass is 10.2. The van der Waals surface area contributed by atoms with Crippen LogP contribution in [0.2, 0.25) is 0 Å². The molecule has 1 atom stereocenters. The monoisotopic (exact) mass is 300 g/mol. The molecule has 3 rings (SSSR count). The second-order valence-electron chi connectivity index (χ2n) is 4.83. The smallest absolute Gasteiger partial charge is 0.267 e. The van der Waals surface area contributed by atoms with Gasteiger partial charge in [0.05, 0.1) is 23.8 Å². The lowest BCUT2D eigenvalue weighted by Crippen LogP contribution is -2.28. The molecule has 0 unspecified atom stereocenters. The first-order valence-corrected chi connectivity index (χ1v) is 6.53. The molecule has 0 fully saturated rings. The second-order valence-corrected chi connectivity index (χ2v) is 4.83. The van der Waals surface area contributed by atoms with Crippen LogP contribution in [0.15, 0.2) is 35.4 Å². The Morgan fingerprint density at radius 3 is 2.68 bits per heavy atom. The Kier molecular flexibility index (Phi) is 3.30. The number of hydrogen-bond acceptors (Lipinski definition) is 6. The van der Waals surface area contributed by atoms with E-state index in [0.29, 0.717) is 0 Å². The van der Waals surface area contributed by atoms with E-state index < -0.39 is 17.4 Å². The van der Waals surface area contributed by atoms with Crippen molar-refractivity contribution in [3.63, 3.8) is 0 Å². The standard InChI is InChI=1S/C14H13FN6O/c1-7(16)13-20-12-8(3-2-4-9(12)15)14(22)21(13)11-6-18-10(17)5-19-11/h2-7H,16H2,1H3,(H2,17,18)/t7-/m0/s1. The van der Waals surface area contributed by atoms with E-state index in [-0.39, 0.29) is 28.4 Å². The van der Waals surface area contributed by atoms with Crippen LogP contribution >= 0.6 is 0 Å². The third kappa shape index (κ3) is 2.19. The zero-order valence-corrected chi connectivity index (χ0v) is 11.7. The SMILES string of the molecule is C[C@H](N)c1nc2c(F)cccc2c(=O)n1-c1cnc(N)cn1. The Labute approximate surface area is 124 Å². The summed E-state index contributed by atoms with van der Waals surface area (Å²) in [4.78, 5) is 24.9. The first-order valence-electron chi connectivity index (χ1n) is 6.53. The summed E-state index contributed by atoms with van der Waals surface area (Å²) >= 11 is 0. The zero-order valence-electron chi connectivity index (χ0n) is 11.7. The minimum atomic E-state index is -0.601. The quantitative estimate of drug-likeness (QED) is 0.727. The third-order valence-corrected chi connectivity index (χ3v) is 3.17. The van der Waals surface area contributed by atoms with E-state index in [1.807, 2.05) is 0 Å².